The van der Waals surface area contributed by atoms with Gasteiger partial charge < -0.3 is 10.1 Å². The zero-order valence-electron chi connectivity index (χ0n) is 13.1. The molecule has 2 rings (SSSR count). The number of hydrogen-bond donors (Lipinski definition) is 1. The van der Waals surface area contributed by atoms with Crippen molar-refractivity contribution in [3.63, 3.8) is 0 Å². The summed E-state index contributed by atoms with van der Waals surface area (Å²) in [4.78, 5) is 0. The largest absolute Gasteiger partial charge is 0.494 e. The molecule has 3 nitrogen and oxygen atoms in total. The summed E-state index contributed by atoms with van der Waals surface area (Å²) in [6.07, 6.45) is 1.91. The smallest absolute Gasteiger partial charge is 0.126 e. The fourth-order valence-electron chi connectivity index (χ4n) is 2.24. The van der Waals surface area contributed by atoms with E-state index in [1.54, 1.807) is 6.07 Å². The molecule has 120 valence electrons. The molecule has 0 amide bonds. The molecule has 0 radical (unpaired) electrons. The van der Waals surface area contributed by atoms with Gasteiger partial charge in [0, 0.05) is 13.0 Å². The molecule has 1 N–H and O–H groups in total. The van der Waals surface area contributed by atoms with E-state index in [-0.39, 0.29) is 5.82 Å². The van der Waals surface area contributed by atoms with Gasteiger partial charge in [0.1, 0.15) is 11.6 Å². The minimum atomic E-state index is -0.151. The number of unbranched alkanes of at least 4 members (excludes halogenated alkanes) is 1. The first kappa shape index (κ1) is 17.0. The van der Waals surface area contributed by atoms with Crippen molar-refractivity contribution in [3.05, 3.63) is 65.5 Å². The van der Waals surface area contributed by atoms with Crippen molar-refractivity contribution in [2.45, 2.75) is 25.8 Å². The van der Waals surface area contributed by atoms with Gasteiger partial charge in [-0.3, -0.25) is 0 Å². The van der Waals surface area contributed by atoms with Gasteiger partial charge in [-0.15, -0.1) is 0 Å². The molecule has 23 heavy (non-hydrogen) atoms. The van der Waals surface area contributed by atoms with Gasteiger partial charge in [-0.2, -0.15) is 5.26 Å². The Morgan fingerprint density at radius 1 is 1.13 bits per heavy atom. The Bertz CT molecular complexity index is 652. The zero-order chi connectivity index (χ0) is 16.3. The normalized spacial score (nSPS) is 10.3. The van der Waals surface area contributed by atoms with Crippen LogP contribution < -0.4 is 10.1 Å². The Labute approximate surface area is 136 Å². The van der Waals surface area contributed by atoms with E-state index in [9.17, 15) is 4.39 Å². The highest BCUT2D eigenvalue weighted by Gasteiger charge is 2.01. The van der Waals surface area contributed by atoms with Crippen molar-refractivity contribution >= 4 is 0 Å². The molecule has 0 spiro atoms. The number of hydrogen-bond acceptors (Lipinski definition) is 3. The molecule has 0 unspecified atom stereocenters. The third-order valence-electron chi connectivity index (χ3n) is 3.46. The van der Waals surface area contributed by atoms with Gasteiger partial charge in [0.25, 0.3) is 0 Å². The van der Waals surface area contributed by atoms with E-state index in [1.165, 1.54) is 6.07 Å². The van der Waals surface area contributed by atoms with E-state index in [4.69, 9.17) is 10.00 Å². The quantitative estimate of drug-likeness (QED) is 0.716. The van der Waals surface area contributed by atoms with Crippen LogP contribution in [0, 0.1) is 17.1 Å². The summed E-state index contributed by atoms with van der Waals surface area (Å²) < 4.78 is 19.1. The monoisotopic (exact) mass is 312 g/mol. The van der Waals surface area contributed by atoms with Crippen molar-refractivity contribution in [2.24, 2.45) is 0 Å². The Morgan fingerprint density at radius 3 is 2.83 bits per heavy atom. The highest BCUT2D eigenvalue weighted by Crippen LogP contribution is 2.14. The summed E-state index contributed by atoms with van der Waals surface area (Å²) in [6, 6.07) is 16.8. The Balaban J connectivity index is 1.73. The van der Waals surface area contributed by atoms with Crippen LogP contribution in [0.1, 0.15) is 24.0 Å². The maximum absolute atomic E-state index is 13.5. The van der Waals surface area contributed by atoms with Crippen molar-refractivity contribution in [3.8, 4) is 11.8 Å². The lowest BCUT2D eigenvalue weighted by Gasteiger charge is -2.09. The Morgan fingerprint density at radius 2 is 2.00 bits per heavy atom. The SMILES string of the molecule is N#CCCCOc1cccc(CNCCc2ccccc2F)c1. The molecule has 0 aliphatic rings. The highest BCUT2D eigenvalue weighted by atomic mass is 19.1. The molecular formula is C19H21FN2O. The number of halogens is 1. The number of nitrogens with zero attached hydrogens (tertiary/aromatic N) is 1. The fraction of sp³-hybridized carbons (Fsp3) is 0.316. The second kappa shape index (κ2) is 9.60. The van der Waals surface area contributed by atoms with Crippen LogP contribution in [-0.2, 0) is 13.0 Å². The third-order valence-corrected chi connectivity index (χ3v) is 3.46. The number of benzene rings is 2. The second-order valence-corrected chi connectivity index (χ2v) is 5.28. The Hall–Kier alpha value is -2.38. The number of rotatable bonds is 9. The van der Waals surface area contributed by atoms with Gasteiger partial charge in [0.15, 0.2) is 0 Å². The van der Waals surface area contributed by atoms with Gasteiger partial charge in [-0.05, 0) is 48.7 Å². The molecule has 0 saturated heterocycles. The lowest BCUT2D eigenvalue weighted by molar-refractivity contribution is 0.312. The molecule has 0 bridgehead atoms. The fourth-order valence-corrected chi connectivity index (χ4v) is 2.24. The molecular weight excluding hydrogens is 291 g/mol. The summed E-state index contributed by atoms with van der Waals surface area (Å²) in [5.74, 6) is 0.665. The van der Waals surface area contributed by atoms with Crippen molar-refractivity contribution in [1.82, 2.24) is 5.32 Å². The lowest BCUT2D eigenvalue weighted by atomic mass is 10.1. The first-order valence-corrected chi connectivity index (χ1v) is 7.82. The molecule has 2 aromatic carbocycles. The van der Waals surface area contributed by atoms with E-state index < -0.39 is 0 Å². The number of ether oxygens (including phenoxy) is 1. The molecule has 0 aliphatic carbocycles. The zero-order valence-corrected chi connectivity index (χ0v) is 13.1. The summed E-state index contributed by atoms with van der Waals surface area (Å²) in [7, 11) is 0. The standard InChI is InChI=1S/C19H21FN2O/c20-19-9-2-1-7-17(19)10-12-22-15-16-6-5-8-18(14-16)23-13-4-3-11-21/h1-2,5-9,14,22H,3-4,10,12-13,15H2. The summed E-state index contributed by atoms with van der Waals surface area (Å²) in [6.45, 7) is 1.98. The van der Waals surface area contributed by atoms with Crippen molar-refractivity contribution < 1.29 is 9.13 Å². The number of nitrogens with one attached hydrogen (secondary N) is 1. The van der Waals surface area contributed by atoms with Crippen LogP contribution in [0.2, 0.25) is 0 Å². The molecule has 4 heteroatoms. The molecule has 0 fully saturated rings. The summed E-state index contributed by atoms with van der Waals surface area (Å²) in [5.41, 5.74) is 1.85. The minimum absolute atomic E-state index is 0.151. The second-order valence-electron chi connectivity index (χ2n) is 5.28. The summed E-state index contributed by atoms with van der Waals surface area (Å²) in [5, 5.41) is 11.8. The van der Waals surface area contributed by atoms with Gasteiger partial charge in [0.05, 0.1) is 12.7 Å². The molecule has 0 aromatic heterocycles. The van der Waals surface area contributed by atoms with Crippen LogP contribution in [0.3, 0.4) is 0 Å². The van der Waals surface area contributed by atoms with Crippen molar-refractivity contribution in [2.75, 3.05) is 13.2 Å². The van der Waals surface area contributed by atoms with Gasteiger partial charge in [-0.1, -0.05) is 30.3 Å². The van der Waals surface area contributed by atoms with E-state index in [0.717, 1.165) is 23.3 Å². The predicted octanol–water partition coefficient (Wildman–Crippen LogP) is 3.84. The average Bonchev–Trinajstić information content (AvgIpc) is 2.57. The van der Waals surface area contributed by atoms with E-state index in [1.807, 2.05) is 36.4 Å². The molecule has 0 heterocycles. The van der Waals surface area contributed by atoms with Crippen LogP contribution in [0.5, 0.6) is 5.75 Å². The topological polar surface area (TPSA) is 45.0 Å². The maximum Gasteiger partial charge on any atom is 0.126 e. The van der Waals surface area contributed by atoms with Crippen LogP contribution >= 0.6 is 0 Å². The number of nitriles is 1. The molecule has 0 aliphatic heterocycles. The van der Waals surface area contributed by atoms with Crippen LogP contribution in [0.15, 0.2) is 48.5 Å². The van der Waals surface area contributed by atoms with Crippen LogP contribution in [0.25, 0.3) is 0 Å². The van der Waals surface area contributed by atoms with Crippen LogP contribution in [0.4, 0.5) is 4.39 Å². The molecule has 0 atom stereocenters. The summed E-state index contributed by atoms with van der Waals surface area (Å²) >= 11 is 0. The van der Waals surface area contributed by atoms with E-state index in [2.05, 4.69) is 11.4 Å². The van der Waals surface area contributed by atoms with E-state index >= 15 is 0 Å². The van der Waals surface area contributed by atoms with E-state index in [0.29, 0.717) is 32.5 Å². The first-order valence-electron chi connectivity index (χ1n) is 7.82. The first-order chi connectivity index (χ1) is 11.3. The maximum atomic E-state index is 13.5. The molecule has 0 saturated carbocycles. The highest BCUT2D eigenvalue weighted by molar-refractivity contribution is 5.28. The van der Waals surface area contributed by atoms with Gasteiger partial charge >= 0.3 is 0 Å². The molecule has 2 aromatic rings. The van der Waals surface area contributed by atoms with Gasteiger partial charge in [0.2, 0.25) is 0 Å². The third kappa shape index (κ3) is 6.09. The van der Waals surface area contributed by atoms with Crippen LogP contribution in [-0.4, -0.2) is 13.2 Å². The Kier molecular flexibility index (Phi) is 7.09. The van der Waals surface area contributed by atoms with Crippen molar-refractivity contribution in [1.29, 1.82) is 5.26 Å². The van der Waals surface area contributed by atoms with Gasteiger partial charge in [-0.25, -0.2) is 4.39 Å². The average molecular weight is 312 g/mol. The predicted molar refractivity (Wildman–Crippen MR) is 88.6 cm³/mol. The minimum Gasteiger partial charge on any atom is -0.494 e. The lowest BCUT2D eigenvalue weighted by Crippen LogP contribution is -2.17.